The number of aliphatic carboxylic acids is 1. The van der Waals surface area contributed by atoms with E-state index >= 15 is 0 Å². The van der Waals surface area contributed by atoms with Crippen LogP contribution in [0.4, 0.5) is 5.82 Å². The molecule has 1 heterocycles. The van der Waals surface area contributed by atoms with E-state index in [1.54, 1.807) is 0 Å². The third-order valence-corrected chi connectivity index (χ3v) is 2.14. The molecular formula is C9H12N4O6. The largest absolute Gasteiger partial charge is 0.479 e. The number of hydrogen-bond donors (Lipinski definition) is 3. The first-order valence-corrected chi connectivity index (χ1v) is 5.25. The predicted octanol–water partition coefficient (Wildman–Crippen LogP) is -1.26. The van der Waals surface area contributed by atoms with Crippen LogP contribution in [0.3, 0.4) is 0 Å². The molecule has 1 amide bonds. The topological polar surface area (TPSA) is 148 Å². The first-order valence-electron chi connectivity index (χ1n) is 5.25. The molecule has 0 aliphatic carbocycles. The summed E-state index contributed by atoms with van der Waals surface area (Å²) in [5, 5.41) is 33.6. The number of aromatic nitrogens is 2. The van der Waals surface area contributed by atoms with Crippen molar-refractivity contribution in [2.45, 2.75) is 19.1 Å². The molecule has 0 fully saturated rings. The van der Waals surface area contributed by atoms with E-state index in [1.165, 1.54) is 6.20 Å². The number of carboxylic acids is 1. The van der Waals surface area contributed by atoms with Gasteiger partial charge in [-0.2, -0.15) is 4.68 Å². The van der Waals surface area contributed by atoms with Gasteiger partial charge in [0.1, 0.15) is 6.54 Å². The van der Waals surface area contributed by atoms with Gasteiger partial charge in [-0.15, -0.1) is 0 Å². The van der Waals surface area contributed by atoms with Gasteiger partial charge in [-0.1, -0.05) is 0 Å². The first kappa shape index (κ1) is 14.6. The monoisotopic (exact) mass is 272 g/mol. The number of nitrogens with zero attached hydrogens (tertiary/aromatic N) is 3. The number of carbonyl (C=O) groups is 2. The van der Waals surface area contributed by atoms with E-state index in [4.69, 9.17) is 10.2 Å². The Kier molecular flexibility index (Phi) is 4.94. The molecule has 0 saturated heterocycles. The number of carbonyl (C=O) groups excluding carboxylic acids is 1. The molecule has 0 spiro atoms. The Hall–Kier alpha value is -2.49. The summed E-state index contributed by atoms with van der Waals surface area (Å²) in [7, 11) is 0. The molecule has 1 aromatic rings. The van der Waals surface area contributed by atoms with Crippen molar-refractivity contribution in [1.82, 2.24) is 15.1 Å². The van der Waals surface area contributed by atoms with Gasteiger partial charge >= 0.3 is 11.8 Å². The molecule has 104 valence electrons. The van der Waals surface area contributed by atoms with Crippen molar-refractivity contribution in [2.24, 2.45) is 0 Å². The summed E-state index contributed by atoms with van der Waals surface area (Å²) < 4.78 is 1.08. The second-order valence-electron chi connectivity index (χ2n) is 3.62. The molecule has 0 radical (unpaired) electrons. The lowest BCUT2D eigenvalue weighted by atomic mass is 10.2. The molecular weight excluding hydrogens is 260 g/mol. The van der Waals surface area contributed by atoms with Crippen LogP contribution in [0.2, 0.25) is 0 Å². The fraction of sp³-hybridized carbons (Fsp3) is 0.444. The lowest BCUT2D eigenvalue weighted by Crippen LogP contribution is -2.32. The van der Waals surface area contributed by atoms with E-state index < -0.39 is 22.9 Å². The first-order chi connectivity index (χ1) is 8.90. The van der Waals surface area contributed by atoms with Gasteiger partial charge in [-0.05, 0) is 4.92 Å². The van der Waals surface area contributed by atoms with Crippen LogP contribution in [0.25, 0.3) is 0 Å². The van der Waals surface area contributed by atoms with Crippen molar-refractivity contribution in [3.8, 4) is 0 Å². The second kappa shape index (κ2) is 6.44. The molecule has 19 heavy (non-hydrogen) atoms. The van der Waals surface area contributed by atoms with Crippen molar-refractivity contribution in [3.63, 3.8) is 0 Å². The van der Waals surface area contributed by atoms with E-state index in [0.717, 1.165) is 10.7 Å². The van der Waals surface area contributed by atoms with Crippen molar-refractivity contribution >= 4 is 17.7 Å². The zero-order valence-electron chi connectivity index (χ0n) is 9.72. The van der Waals surface area contributed by atoms with Crippen LogP contribution in [0, 0.1) is 10.1 Å². The highest BCUT2D eigenvalue weighted by atomic mass is 16.6. The number of amides is 1. The smallest absolute Gasteiger partial charge is 0.389 e. The predicted molar refractivity (Wildman–Crippen MR) is 60.2 cm³/mol. The highest BCUT2D eigenvalue weighted by molar-refractivity contribution is 5.76. The van der Waals surface area contributed by atoms with Gasteiger partial charge in [-0.3, -0.25) is 4.79 Å². The average molecular weight is 272 g/mol. The summed E-state index contributed by atoms with van der Waals surface area (Å²) in [6.45, 7) is -0.243. The molecule has 0 aromatic carbocycles. The minimum absolute atomic E-state index is 0.0182. The van der Waals surface area contributed by atoms with Gasteiger partial charge < -0.3 is 25.6 Å². The zero-order valence-corrected chi connectivity index (χ0v) is 9.72. The van der Waals surface area contributed by atoms with Crippen molar-refractivity contribution in [2.75, 3.05) is 6.54 Å². The number of hydrogen-bond acceptors (Lipinski definition) is 6. The molecule has 10 nitrogen and oxygen atoms in total. The Bertz CT molecular complexity index is 485. The maximum atomic E-state index is 11.4. The van der Waals surface area contributed by atoms with Gasteiger partial charge in [0.05, 0.1) is 17.4 Å². The quantitative estimate of drug-likeness (QED) is 0.414. The van der Waals surface area contributed by atoms with Crippen LogP contribution in [-0.2, 0) is 16.1 Å². The minimum Gasteiger partial charge on any atom is -0.479 e. The third kappa shape index (κ3) is 4.71. The summed E-state index contributed by atoms with van der Waals surface area (Å²) >= 11 is 0. The Labute approximate surface area is 106 Å². The van der Waals surface area contributed by atoms with Crippen LogP contribution >= 0.6 is 0 Å². The van der Waals surface area contributed by atoms with Crippen LogP contribution in [0.5, 0.6) is 0 Å². The Morgan fingerprint density at radius 3 is 2.79 bits per heavy atom. The van der Waals surface area contributed by atoms with Gasteiger partial charge in [-0.25, -0.2) is 4.79 Å². The van der Waals surface area contributed by atoms with Gasteiger partial charge in [0, 0.05) is 13.0 Å². The molecule has 0 bridgehead atoms. The number of nitrogens with one attached hydrogen (secondary N) is 1. The molecule has 1 unspecified atom stereocenters. The van der Waals surface area contributed by atoms with Gasteiger partial charge in [0.15, 0.2) is 6.10 Å². The molecule has 0 aliphatic rings. The van der Waals surface area contributed by atoms with Gasteiger partial charge in [0.2, 0.25) is 5.91 Å². The standard InChI is InChI=1S/C9H12N4O6/c14-6(9(16)17)1-3-10-8(15)5-12-4-2-7(11-12)13(18)19/h2,4,6,14H,1,3,5H2,(H,10,15)(H,16,17). The number of carboxylic acid groups (broad SMARTS) is 1. The molecule has 0 aliphatic heterocycles. The third-order valence-electron chi connectivity index (χ3n) is 2.14. The maximum absolute atomic E-state index is 11.4. The van der Waals surface area contributed by atoms with Crippen LogP contribution < -0.4 is 5.32 Å². The van der Waals surface area contributed by atoms with E-state index in [9.17, 15) is 19.7 Å². The summed E-state index contributed by atoms with van der Waals surface area (Å²) in [6, 6.07) is 1.15. The van der Waals surface area contributed by atoms with Crippen molar-refractivity contribution < 1.29 is 24.7 Å². The fourth-order valence-corrected chi connectivity index (χ4v) is 1.21. The summed E-state index contributed by atoms with van der Waals surface area (Å²) in [6.07, 6.45) is -0.379. The maximum Gasteiger partial charge on any atom is 0.389 e. The molecule has 0 saturated carbocycles. The Balaban J connectivity index is 2.34. The van der Waals surface area contributed by atoms with E-state index in [1.807, 2.05) is 0 Å². The Morgan fingerprint density at radius 2 is 2.26 bits per heavy atom. The normalized spacial score (nSPS) is 11.8. The lowest BCUT2D eigenvalue weighted by Gasteiger charge is -2.06. The van der Waals surface area contributed by atoms with Gasteiger partial charge in [0.25, 0.3) is 0 Å². The van der Waals surface area contributed by atoms with Crippen LogP contribution in [-0.4, -0.2) is 49.4 Å². The molecule has 3 N–H and O–H groups in total. The molecule has 1 aromatic heterocycles. The summed E-state index contributed by atoms with van der Waals surface area (Å²) in [4.78, 5) is 31.3. The highest BCUT2D eigenvalue weighted by Gasteiger charge is 2.15. The summed E-state index contributed by atoms with van der Waals surface area (Å²) in [5.74, 6) is -2.22. The zero-order chi connectivity index (χ0) is 14.4. The van der Waals surface area contributed by atoms with Crippen LogP contribution in [0.15, 0.2) is 12.3 Å². The minimum atomic E-state index is -1.54. The number of aliphatic hydroxyl groups excluding tert-OH is 1. The fourth-order valence-electron chi connectivity index (χ4n) is 1.21. The molecule has 1 atom stereocenters. The van der Waals surface area contributed by atoms with Crippen molar-refractivity contribution in [3.05, 3.63) is 22.4 Å². The SMILES string of the molecule is O=C(Cn1ccc([N+](=O)[O-])n1)NCCC(O)C(=O)O. The van der Waals surface area contributed by atoms with Crippen LogP contribution in [0.1, 0.15) is 6.42 Å². The number of nitro groups is 1. The number of aliphatic hydroxyl groups is 1. The Morgan fingerprint density at radius 1 is 1.58 bits per heavy atom. The van der Waals surface area contributed by atoms with E-state index in [-0.39, 0.29) is 25.3 Å². The van der Waals surface area contributed by atoms with Crippen molar-refractivity contribution in [1.29, 1.82) is 0 Å². The van der Waals surface area contributed by atoms with E-state index in [2.05, 4.69) is 10.4 Å². The second-order valence-corrected chi connectivity index (χ2v) is 3.62. The average Bonchev–Trinajstić information content (AvgIpc) is 2.77. The lowest BCUT2D eigenvalue weighted by molar-refractivity contribution is -0.389. The van der Waals surface area contributed by atoms with E-state index in [0.29, 0.717) is 0 Å². The highest BCUT2D eigenvalue weighted by Crippen LogP contribution is 2.04. The number of rotatable bonds is 7. The molecule has 10 heteroatoms. The molecule has 1 rings (SSSR count). The summed E-state index contributed by atoms with van der Waals surface area (Å²) in [5.41, 5.74) is 0.